The lowest BCUT2D eigenvalue weighted by molar-refractivity contribution is -0.695. The molecule has 0 saturated heterocycles. The maximum atomic E-state index is 12.9. The van der Waals surface area contributed by atoms with E-state index >= 15 is 0 Å². The number of benzene rings is 2. The predicted octanol–water partition coefficient (Wildman–Crippen LogP) is 1.14. The fourth-order valence-electron chi connectivity index (χ4n) is 3.68. The molecule has 2 atom stereocenters. The minimum atomic E-state index is -0.581. The van der Waals surface area contributed by atoms with E-state index in [4.69, 9.17) is 4.74 Å². The minimum Gasteiger partial charge on any atom is -0.496 e. The fourth-order valence-corrected chi connectivity index (χ4v) is 3.68. The van der Waals surface area contributed by atoms with Crippen LogP contribution in [0.25, 0.3) is 0 Å². The summed E-state index contributed by atoms with van der Waals surface area (Å²) in [5.41, 5.74) is 3.37. The Hall–Kier alpha value is -2.86. The monoisotopic (exact) mass is 396 g/mol. The van der Waals surface area contributed by atoms with Gasteiger partial charge >= 0.3 is 0 Å². The summed E-state index contributed by atoms with van der Waals surface area (Å²) in [6.45, 7) is 5.01. The van der Waals surface area contributed by atoms with Gasteiger partial charge in [-0.2, -0.15) is 0 Å². The second-order valence-corrected chi connectivity index (χ2v) is 7.78. The van der Waals surface area contributed by atoms with Gasteiger partial charge in [-0.25, -0.2) is 0 Å². The number of nitrogens with one attached hydrogen (secondary N) is 2. The average molecular weight is 397 g/mol. The maximum absolute atomic E-state index is 12.9. The average Bonchev–Trinajstić information content (AvgIpc) is 2.75. The molecule has 2 aromatic rings. The van der Waals surface area contributed by atoms with E-state index in [0.717, 1.165) is 17.9 Å². The van der Waals surface area contributed by atoms with Gasteiger partial charge in [0.2, 0.25) is 5.91 Å². The Labute approximate surface area is 172 Å². The molecule has 0 aromatic heterocycles. The van der Waals surface area contributed by atoms with Crippen molar-refractivity contribution in [3.05, 3.63) is 65.2 Å². The molecule has 3 rings (SSSR count). The zero-order valence-electron chi connectivity index (χ0n) is 17.3. The molecule has 6 nitrogen and oxygen atoms in total. The topological polar surface area (TPSA) is 84.0 Å². The highest BCUT2D eigenvalue weighted by Crippen LogP contribution is 2.17. The Bertz CT molecular complexity index is 866. The molecule has 29 heavy (non-hydrogen) atoms. The highest BCUT2D eigenvalue weighted by atomic mass is 16.5. The number of ether oxygens (including phenoxy) is 1. The van der Waals surface area contributed by atoms with Crippen molar-refractivity contribution >= 4 is 11.8 Å². The first-order valence-electron chi connectivity index (χ1n) is 10.1. The number of methoxy groups -OCH3 is 1. The molecule has 4 N–H and O–H groups in total. The predicted molar refractivity (Wildman–Crippen MR) is 111 cm³/mol. The molecule has 1 aliphatic heterocycles. The number of carbonyl (C=O) groups is 2. The molecule has 6 heteroatoms. The lowest BCUT2D eigenvalue weighted by Crippen LogP contribution is -2.93. The van der Waals surface area contributed by atoms with E-state index in [1.807, 2.05) is 55.6 Å². The fraction of sp³-hybridized carbons (Fsp3) is 0.391. The molecule has 2 aromatic carbocycles. The molecule has 0 bridgehead atoms. The summed E-state index contributed by atoms with van der Waals surface area (Å²) < 4.78 is 5.33. The molecule has 154 valence electrons. The van der Waals surface area contributed by atoms with Crippen LogP contribution in [-0.4, -0.2) is 31.0 Å². The second-order valence-electron chi connectivity index (χ2n) is 7.78. The summed E-state index contributed by atoms with van der Waals surface area (Å²) in [4.78, 5) is 25.7. The Morgan fingerprint density at radius 3 is 2.52 bits per heavy atom. The van der Waals surface area contributed by atoms with Crippen LogP contribution in [-0.2, 0) is 29.1 Å². The van der Waals surface area contributed by atoms with E-state index in [2.05, 4.69) is 22.8 Å². The number of rotatable bonds is 7. The van der Waals surface area contributed by atoms with Gasteiger partial charge in [-0.3, -0.25) is 9.59 Å². The molecule has 2 amide bonds. The van der Waals surface area contributed by atoms with Crippen molar-refractivity contribution < 1.29 is 19.6 Å². The second kappa shape index (κ2) is 9.56. The van der Waals surface area contributed by atoms with Crippen LogP contribution in [0.4, 0.5) is 0 Å². The number of carbonyl (C=O) groups excluding carboxylic acids is 2. The van der Waals surface area contributed by atoms with Crippen molar-refractivity contribution in [3.8, 4) is 5.75 Å². The first-order chi connectivity index (χ1) is 14.0. The minimum absolute atomic E-state index is 0.0208. The van der Waals surface area contributed by atoms with Gasteiger partial charge in [0.05, 0.1) is 7.11 Å². The van der Waals surface area contributed by atoms with Crippen molar-refractivity contribution in [2.45, 2.75) is 45.4 Å². The van der Waals surface area contributed by atoms with Crippen molar-refractivity contribution in [1.82, 2.24) is 10.6 Å². The van der Waals surface area contributed by atoms with Crippen molar-refractivity contribution in [2.24, 2.45) is 5.92 Å². The zero-order chi connectivity index (χ0) is 20.8. The SMILES string of the molecule is COc1ccccc1CNC(=O)[C@H](NC(=O)[C@@H]1Cc2ccccc2C[NH2+]1)C(C)C. The smallest absolute Gasteiger partial charge is 0.279 e. The van der Waals surface area contributed by atoms with Crippen LogP contribution in [0.15, 0.2) is 48.5 Å². The number of nitrogens with two attached hydrogens (primary N) is 1. The highest BCUT2D eigenvalue weighted by Gasteiger charge is 2.32. The number of quaternary nitrogens is 1. The van der Waals surface area contributed by atoms with Crippen LogP contribution in [0, 0.1) is 5.92 Å². The summed E-state index contributed by atoms with van der Waals surface area (Å²) in [7, 11) is 1.61. The van der Waals surface area contributed by atoms with Gasteiger partial charge in [-0.15, -0.1) is 0 Å². The van der Waals surface area contributed by atoms with E-state index in [1.165, 1.54) is 11.1 Å². The van der Waals surface area contributed by atoms with Gasteiger partial charge in [-0.05, 0) is 17.5 Å². The first kappa shape index (κ1) is 20.9. The molecule has 1 aliphatic rings. The summed E-state index contributed by atoms with van der Waals surface area (Å²) in [6.07, 6.45) is 0.676. The van der Waals surface area contributed by atoms with Crippen LogP contribution in [0.1, 0.15) is 30.5 Å². The number of para-hydroxylation sites is 1. The number of amides is 2. The number of hydrogen-bond donors (Lipinski definition) is 3. The molecule has 0 unspecified atom stereocenters. The van der Waals surface area contributed by atoms with Crippen molar-refractivity contribution in [1.29, 1.82) is 0 Å². The third kappa shape index (κ3) is 5.15. The van der Waals surface area contributed by atoms with Crippen LogP contribution in [0.3, 0.4) is 0 Å². The lowest BCUT2D eigenvalue weighted by atomic mass is 9.94. The molecule has 1 heterocycles. The third-order valence-electron chi connectivity index (χ3n) is 5.41. The van der Waals surface area contributed by atoms with E-state index in [1.54, 1.807) is 7.11 Å². The van der Waals surface area contributed by atoms with Gasteiger partial charge in [0.25, 0.3) is 5.91 Å². The Morgan fingerprint density at radius 2 is 1.79 bits per heavy atom. The van der Waals surface area contributed by atoms with Gasteiger partial charge in [0.1, 0.15) is 18.3 Å². The van der Waals surface area contributed by atoms with Gasteiger partial charge < -0.3 is 20.7 Å². The van der Waals surface area contributed by atoms with Crippen LogP contribution in [0.2, 0.25) is 0 Å². The number of hydrogen-bond acceptors (Lipinski definition) is 3. The van der Waals surface area contributed by atoms with E-state index in [0.29, 0.717) is 13.0 Å². The molecule has 0 aliphatic carbocycles. The van der Waals surface area contributed by atoms with Crippen LogP contribution in [0.5, 0.6) is 5.75 Å². The van der Waals surface area contributed by atoms with E-state index in [-0.39, 0.29) is 23.8 Å². The van der Waals surface area contributed by atoms with Crippen molar-refractivity contribution in [3.63, 3.8) is 0 Å². The number of fused-ring (bicyclic) bond motifs is 1. The van der Waals surface area contributed by atoms with Crippen molar-refractivity contribution in [2.75, 3.05) is 7.11 Å². The quantitative estimate of drug-likeness (QED) is 0.656. The van der Waals surface area contributed by atoms with Gasteiger partial charge in [0.15, 0.2) is 6.04 Å². The first-order valence-corrected chi connectivity index (χ1v) is 10.1. The maximum Gasteiger partial charge on any atom is 0.279 e. The normalized spacial score (nSPS) is 16.6. The van der Waals surface area contributed by atoms with Crippen LogP contribution < -0.4 is 20.7 Å². The van der Waals surface area contributed by atoms with Gasteiger partial charge in [-0.1, -0.05) is 56.3 Å². The third-order valence-corrected chi connectivity index (χ3v) is 5.41. The summed E-state index contributed by atoms with van der Waals surface area (Å²) in [5, 5.41) is 7.95. The summed E-state index contributed by atoms with van der Waals surface area (Å²) in [6, 6.07) is 15.0. The standard InChI is InChI=1S/C23H29N3O3/c1-15(2)21(23(28)25-14-18-10-6-7-11-20(18)29-3)26-22(27)19-12-16-8-4-5-9-17(16)13-24-19/h4-11,15,19,21,24H,12-14H2,1-3H3,(H,25,28)(H,26,27)/p+1/t19-,21+/m0/s1. The zero-order valence-corrected chi connectivity index (χ0v) is 17.3. The van der Waals surface area contributed by atoms with E-state index < -0.39 is 6.04 Å². The summed E-state index contributed by atoms with van der Waals surface area (Å²) >= 11 is 0. The van der Waals surface area contributed by atoms with Gasteiger partial charge in [0, 0.05) is 24.1 Å². The summed E-state index contributed by atoms with van der Waals surface area (Å²) in [5.74, 6) is 0.432. The Kier molecular flexibility index (Phi) is 6.88. The molecule has 0 fully saturated rings. The highest BCUT2D eigenvalue weighted by molar-refractivity contribution is 5.89. The van der Waals surface area contributed by atoms with Crippen LogP contribution >= 0.6 is 0 Å². The molecule has 0 radical (unpaired) electrons. The molecular formula is C23H30N3O3+. The van der Waals surface area contributed by atoms with E-state index in [9.17, 15) is 9.59 Å². The largest absolute Gasteiger partial charge is 0.496 e. The Balaban J connectivity index is 1.61. The Morgan fingerprint density at radius 1 is 1.10 bits per heavy atom. The molecular weight excluding hydrogens is 366 g/mol. The lowest BCUT2D eigenvalue weighted by Gasteiger charge is -2.26. The molecule has 0 saturated carbocycles. The molecule has 0 spiro atoms.